The number of aryl methyl sites for hydroxylation is 3. The number of rotatable bonds is 8. The summed E-state index contributed by atoms with van der Waals surface area (Å²) in [6, 6.07) is 13.9. The van der Waals surface area contributed by atoms with E-state index in [4.69, 9.17) is 0 Å². The van der Waals surface area contributed by atoms with Gasteiger partial charge in [0, 0.05) is 36.2 Å². The number of aromatic nitrogens is 1. The quantitative estimate of drug-likeness (QED) is 0.507. The highest BCUT2D eigenvalue weighted by Crippen LogP contribution is 2.36. The van der Waals surface area contributed by atoms with Crippen LogP contribution in [0.4, 0.5) is 0 Å². The molecule has 0 radical (unpaired) electrons. The molecule has 0 bridgehead atoms. The summed E-state index contributed by atoms with van der Waals surface area (Å²) >= 11 is -0.750. The predicted molar refractivity (Wildman–Crippen MR) is 129 cm³/mol. The fraction of sp³-hybridized carbons (Fsp3) is 0.462. The summed E-state index contributed by atoms with van der Waals surface area (Å²) in [6.07, 6.45) is 9.45. The van der Waals surface area contributed by atoms with Crippen LogP contribution >= 0.6 is 0 Å². The number of para-hydroxylation sites is 1. The van der Waals surface area contributed by atoms with Crippen LogP contribution in [0.2, 0.25) is 0 Å². The highest BCUT2D eigenvalue weighted by molar-refractivity contribution is 7.90. The number of fused-ring (bicyclic) bond motifs is 2. The van der Waals surface area contributed by atoms with Gasteiger partial charge in [-0.1, -0.05) is 55.4 Å². The third-order valence-electron chi connectivity index (χ3n) is 6.72. The Balaban J connectivity index is 1.63. The Morgan fingerprint density at radius 3 is 2.63 bits per heavy atom. The Morgan fingerprint density at radius 1 is 1.10 bits per heavy atom. The zero-order valence-electron chi connectivity index (χ0n) is 18.5. The molecule has 0 spiro atoms. The van der Waals surface area contributed by atoms with Crippen LogP contribution in [0, 0.1) is 0 Å². The van der Waals surface area contributed by atoms with E-state index < -0.39 is 11.2 Å². The van der Waals surface area contributed by atoms with E-state index in [1.54, 1.807) is 0 Å². The van der Waals surface area contributed by atoms with Crippen LogP contribution in [0.5, 0.6) is 0 Å². The molecule has 1 aliphatic heterocycles. The Morgan fingerprint density at radius 2 is 1.87 bits per heavy atom. The first-order chi connectivity index (χ1) is 14.6. The van der Waals surface area contributed by atoms with Crippen LogP contribution in [0.1, 0.15) is 54.1 Å². The number of nitrogens with one attached hydrogen (secondary N) is 1. The molecule has 0 amide bonds. The maximum Gasteiger partial charge on any atom is 0.117 e. The van der Waals surface area contributed by atoms with Crippen LogP contribution in [-0.2, 0) is 36.9 Å². The summed E-state index contributed by atoms with van der Waals surface area (Å²) < 4.78 is 11.8. The van der Waals surface area contributed by atoms with Crippen LogP contribution < -0.4 is 0 Å². The second-order valence-electron chi connectivity index (χ2n) is 8.50. The van der Waals surface area contributed by atoms with Crippen molar-refractivity contribution in [3.63, 3.8) is 0 Å². The van der Waals surface area contributed by atoms with Crippen LogP contribution in [-0.4, -0.2) is 39.5 Å². The lowest BCUT2D eigenvalue weighted by atomic mass is 9.85. The van der Waals surface area contributed by atoms with Crippen molar-refractivity contribution in [2.75, 3.05) is 25.1 Å². The average molecular weight is 423 g/mol. The van der Waals surface area contributed by atoms with E-state index in [0.29, 0.717) is 6.04 Å². The van der Waals surface area contributed by atoms with E-state index in [2.05, 4.69) is 66.3 Å². The summed E-state index contributed by atoms with van der Waals surface area (Å²) in [6.45, 7) is 6.51. The molecule has 0 fully saturated rings. The normalized spacial score (nSPS) is 17.9. The molecule has 2 aromatic carbocycles. The first kappa shape index (κ1) is 21.5. The van der Waals surface area contributed by atoms with Gasteiger partial charge in [-0.2, -0.15) is 0 Å². The molecule has 4 heteroatoms. The fourth-order valence-corrected chi connectivity index (χ4v) is 5.53. The Labute approximate surface area is 184 Å². The van der Waals surface area contributed by atoms with Crippen molar-refractivity contribution in [2.24, 2.45) is 0 Å². The van der Waals surface area contributed by atoms with E-state index in [9.17, 15) is 4.55 Å². The standard InChI is InChI=1S/C26H34N2OS/c1-4-19-16-21-12-13-28(14-15-30(3)29)26(24(21)17-20(19)5-2)11-10-22-18-27-25-9-7-6-8-23(22)25/h6-9,16-18,26-27H,4-5,10-15H2,1-3H3/t26-,30?/m0/s1. The number of nitrogens with zero attached hydrogens (tertiary/aromatic N) is 1. The smallest absolute Gasteiger partial charge is 0.117 e. The van der Waals surface area contributed by atoms with Crippen molar-refractivity contribution in [1.82, 2.24) is 9.88 Å². The van der Waals surface area contributed by atoms with Crippen molar-refractivity contribution in [2.45, 2.75) is 52.0 Å². The second-order valence-corrected chi connectivity index (χ2v) is 10.1. The number of hydrogen-bond donors (Lipinski definition) is 1. The minimum absolute atomic E-state index is 0.405. The third-order valence-corrected chi connectivity index (χ3v) is 7.48. The zero-order chi connectivity index (χ0) is 21.1. The number of benzene rings is 2. The van der Waals surface area contributed by atoms with Gasteiger partial charge in [0.2, 0.25) is 0 Å². The molecule has 0 aliphatic carbocycles. The van der Waals surface area contributed by atoms with Crippen LogP contribution in [0.15, 0.2) is 42.6 Å². The van der Waals surface area contributed by atoms with Crippen molar-refractivity contribution < 1.29 is 4.55 Å². The van der Waals surface area contributed by atoms with E-state index in [-0.39, 0.29) is 0 Å². The number of hydrogen-bond acceptors (Lipinski definition) is 2. The lowest BCUT2D eigenvalue weighted by Crippen LogP contribution is -2.38. The molecule has 1 aromatic heterocycles. The molecule has 0 saturated carbocycles. The van der Waals surface area contributed by atoms with Gasteiger partial charge < -0.3 is 9.54 Å². The Bertz CT molecular complexity index is 994. The number of H-pyrrole nitrogens is 1. The average Bonchev–Trinajstić information content (AvgIpc) is 3.18. The Kier molecular flexibility index (Phi) is 6.87. The molecule has 0 saturated heterocycles. The minimum atomic E-state index is -0.750. The van der Waals surface area contributed by atoms with Gasteiger partial charge in [0.05, 0.1) is 6.26 Å². The third kappa shape index (κ3) is 4.46. The van der Waals surface area contributed by atoms with Crippen LogP contribution in [0.25, 0.3) is 10.9 Å². The van der Waals surface area contributed by atoms with E-state index in [1.807, 2.05) is 6.26 Å². The van der Waals surface area contributed by atoms with Gasteiger partial charge >= 0.3 is 0 Å². The molecular formula is C26H34N2OS. The number of aromatic amines is 1. The van der Waals surface area contributed by atoms with Gasteiger partial charge in [-0.3, -0.25) is 4.90 Å². The summed E-state index contributed by atoms with van der Waals surface area (Å²) in [5.41, 5.74) is 8.66. The molecule has 2 atom stereocenters. The van der Waals surface area contributed by atoms with Crippen molar-refractivity contribution in [1.29, 1.82) is 0 Å². The fourth-order valence-electron chi connectivity index (χ4n) is 5.04. The molecule has 160 valence electrons. The summed E-state index contributed by atoms with van der Waals surface area (Å²) in [5, 5.41) is 1.34. The highest BCUT2D eigenvalue weighted by atomic mass is 32.2. The van der Waals surface area contributed by atoms with Crippen molar-refractivity contribution >= 4 is 22.1 Å². The SMILES string of the molecule is CCc1cc2c(cc1CC)[C@H](CCc1c[nH]c3ccccc13)N(CC[S+](C)[O-])CC2. The maximum absolute atomic E-state index is 11.8. The zero-order valence-corrected chi connectivity index (χ0v) is 19.4. The minimum Gasteiger partial charge on any atom is -0.617 e. The van der Waals surface area contributed by atoms with Crippen LogP contribution in [0.3, 0.4) is 0 Å². The molecule has 4 rings (SSSR count). The molecule has 3 aromatic rings. The second kappa shape index (κ2) is 9.59. The first-order valence-corrected chi connectivity index (χ1v) is 13.1. The molecule has 30 heavy (non-hydrogen) atoms. The summed E-state index contributed by atoms with van der Waals surface area (Å²) in [4.78, 5) is 6.01. The predicted octanol–water partition coefficient (Wildman–Crippen LogP) is 5.20. The lowest BCUT2D eigenvalue weighted by Gasteiger charge is -2.38. The van der Waals surface area contributed by atoms with Gasteiger partial charge in [-0.25, -0.2) is 0 Å². The monoisotopic (exact) mass is 422 g/mol. The summed E-state index contributed by atoms with van der Waals surface area (Å²) in [7, 11) is 0. The lowest BCUT2D eigenvalue weighted by molar-refractivity contribution is 0.186. The van der Waals surface area contributed by atoms with Gasteiger partial charge in [-0.05, 0) is 66.0 Å². The van der Waals surface area contributed by atoms with Gasteiger partial charge in [-0.15, -0.1) is 0 Å². The molecular weight excluding hydrogens is 388 g/mol. The topological polar surface area (TPSA) is 42.1 Å². The largest absolute Gasteiger partial charge is 0.617 e. The first-order valence-electron chi connectivity index (χ1n) is 11.3. The molecule has 1 N–H and O–H groups in total. The molecule has 1 aliphatic rings. The Hall–Kier alpha value is -1.75. The molecule has 3 nitrogen and oxygen atoms in total. The van der Waals surface area contributed by atoms with E-state index >= 15 is 0 Å². The van der Waals surface area contributed by atoms with Gasteiger partial charge in [0.25, 0.3) is 0 Å². The summed E-state index contributed by atoms with van der Waals surface area (Å²) in [5.74, 6) is 0.757. The van der Waals surface area contributed by atoms with Gasteiger partial charge in [0.1, 0.15) is 5.75 Å². The maximum atomic E-state index is 11.8. The van der Waals surface area contributed by atoms with E-state index in [1.165, 1.54) is 38.7 Å². The highest BCUT2D eigenvalue weighted by Gasteiger charge is 2.28. The van der Waals surface area contributed by atoms with E-state index in [0.717, 1.165) is 50.9 Å². The van der Waals surface area contributed by atoms with Crippen molar-refractivity contribution in [3.8, 4) is 0 Å². The molecule has 2 heterocycles. The van der Waals surface area contributed by atoms with Gasteiger partial charge in [0.15, 0.2) is 0 Å². The van der Waals surface area contributed by atoms with Crippen molar-refractivity contribution in [3.05, 3.63) is 70.4 Å². The molecule has 1 unspecified atom stereocenters.